The predicted molar refractivity (Wildman–Crippen MR) is 76.6 cm³/mol. The fraction of sp³-hybridized carbons (Fsp3) is 0.500. The number of ether oxygens (including phenoxy) is 2. The minimum absolute atomic E-state index is 0.157. The molecular weight excluding hydrogens is 256 g/mol. The summed E-state index contributed by atoms with van der Waals surface area (Å²) in [6.07, 6.45) is 0.880. The molecule has 0 N–H and O–H groups in total. The minimum Gasteiger partial charge on any atom is -0.494 e. The molecule has 1 aromatic rings. The molecule has 0 bridgehead atoms. The lowest BCUT2D eigenvalue weighted by molar-refractivity contribution is -0.155. The van der Waals surface area contributed by atoms with Crippen molar-refractivity contribution in [3.8, 4) is 5.75 Å². The summed E-state index contributed by atoms with van der Waals surface area (Å²) in [5, 5.41) is 0. The summed E-state index contributed by atoms with van der Waals surface area (Å²) >= 11 is 0. The van der Waals surface area contributed by atoms with Gasteiger partial charge in [0.25, 0.3) is 0 Å². The average Bonchev–Trinajstić information content (AvgIpc) is 2.38. The number of ketones is 1. The Hall–Kier alpha value is -1.84. The van der Waals surface area contributed by atoms with E-state index >= 15 is 0 Å². The summed E-state index contributed by atoms with van der Waals surface area (Å²) in [6, 6.07) is 9.45. The molecule has 0 aliphatic carbocycles. The normalized spacial score (nSPS) is 12.0. The highest BCUT2D eigenvalue weighted by Crippen LogP contribution is 2.14. The number of Topliss-reactive ketones (excluding diaryl/α,β-unsaturated/α-hetero) is 1. The number of hydrogen-bond donors (Lipinski definition) is 0. The van der Waals surface area contributed by atoms with E-state index in [0.717, 1.165) is 5.75 Å². The quantitative estimate of drug-likeness (QED) is 0.417. The molecule has 1 aromatic carbocycles. The molecule has 0 aliphatic heterocycles. The molecule has 110 valence electrons. The van der Waals surface area contributed by atoms with Gasteiger partial charge in [-0.15, -0.1) is 0 Å². The van der Waals surface area contributed by atoms with Crippen LogP contribution in [0.1, 0.15) is 33.6 Å². The number of carbonyl (C=O) groups is 2. The van der Waals surface area contributed by atoms with Crippen molar-refractivity contribution in [3.63, 3.8) is 0 Å². The van der Waals surface area contributed by atoms with Crippen LogP contribution >= 0.6 is 0 Å². The van der Waals surface area contributed by atoms with Crippen molar-refractivity contribution in [1.82, 2.24) is 0 Å². The van der Waals surface area contributed by atoms with Crippen molar-refractivity contribution in [1.29, 1.82) is 0 Å². The monoisotopic (exact) mass is 278 g/mol. The van der Waals surface area contributed by atoms with Gasteiger partial charge in [-0.2, -0.15) is 0 Å². The van der Waals surface area contributed by atoms with Crippen LogP contribution in [0.2, 0.25) is 0 Å². The Morgan fingerprint density at radius 2 is 1.80 bits per heavy atom. The lowest BCUT2D eigenvalue weighted by Crippen LogP contribution is -2.27. The van der Waals surface area contributed by atoms with Crippen LogP contribution in [0.3, 0.4) is 0 Å². The summed E-state index contributed by atoms with van der Waals surface area (Å²) in [5.41, 5.74) is 0. The Balaban J connectivity index is 2.36. The van der Waals surface area contributed by atoms with Gasteiger partial charge in [-0.25, -0.2) is 0 Å². The van der Waals surface area contributed by atoms with Gasteiger partial charge in [0.1, 0.15) is 17.5 Å². The van der Waals surface area contributed by atoms with E-state index in [1.807, 2.05) is 30.3 Å². The van der Waals surface area contributed by atoms with Gasteiger partial charge in [0, 0.05) is 0 Å². The molecule has 0 spiro atoms. The van der Waals surface area contributed by atoms with Crippen molar-refractivity contribution < 1.29 is 19.1 Å². The maximum absolute atomic E-state index is 11.8. The highest BCUT2D eigenvalue weighted by atomic mass is 16.5. The first-order chi connectivity index (χ1) is 9.50. The summed E-state index contributed by atoms with van der Waals surface area (Å²) in [5.74, 6) is -0.490. The van der Waals surface area contributed by atoms with Gasteiger partial charge in [-0.05, 0) is 45.7 Å². The van der Waals surface area contributed by atoms with Crippen molar-refractivity contribution in [3.05, 3.63) is 30.3 Å². The largest absolute Gasteiger partial charge is 0.494 e. The summed E-state index contributed by atoms with van der Waals surface area (Å²) in [6.45, 7) is 5.44. The van der Waals surface area contributed by atoms with E-state index in [9.17, 15) is 9.59 Å². The molecule has 0 saturated carbocycles. The first kappa shape index (κ1) is 16.2. The van der Waals surface area contributed by atoms with E-state index in [4.69, 9.17) is 9.47 Å². The van der Waals surface area contributed by atoms with Gasteiger partial charge in [0.2, 0.25) is 0 Å². The fourth-order valence-electron chi connectivity index (χ4n) is 1.80. The Kier molecular flexibility index (Phi) is 6.77. The zero-order valence-corrected chi connectivity index (χ0v) is 12.3. The highest BCUT2D eigenvalue weighted by molar-refractivity contribution is 5.97. The fourth-order valence-corrected chi connectivity index (χ4v) is 1.80. The zero-order valence-electron chi connectivity index (χ0n) is 12.3. The third kappa shape index (κ3) is 5.87. The second-order valence-corrected chi connectivity index (χ2v) is 4.95. The molecule has 20 heavy (non-hydrogen) atoms. The molecule has 1 rings (SSSR count). The molecule has 0 saturated heterocycles. The summed E-state index contributed by atoms with van der Waals surface area (Å²) in [4.78, 5) is 23.3. The molecule has 1 atom stereocenters. The highest BCUT2D eigenvalue weighted by Gasteiger charge is 2.25. The maximum Gasteiger partial charge on any atom is 0.316 e. The van der Waals surface area contributed by atoms with Crippen molar-refractivity contribution in [2.24, 2.45) is 5.92 Å². The first-order valence-corrected chi connectivity index (χ1v) is 6.89. The van der Waals surface area contributed by atoms with E-state index in [0.29, 0.717) is 19.4 Å². The van der Waals surface area contributed by atoms with E-state index in [1.54, 1.807) is 13.8 Å². The van der Waals surface area contributed by atoms with Crippen LogP contribution in [0.15, 0.2) is 30.3 Å². The standard InChI is InChI=1S/C16H22O4/c1-12(2)20-16(18)15(13(3)17)10-7-11-19-14-8-5-4-6-9-14/h4-6,8-9,12,15H,7,10-11H2,1-3H3. The SMILES string of the molecule is CC(=O)C(CCCOc1ccccc1)C(=O)OC(C)C. The van der Waals surface area contributed by atoms with E-state index in [1.165, 1.54) is 6.92 Å². The Bertz CT molecular complexity index is 425. The lowest BCUT2D eigenvalue weighted by Gasteiger charge is -2.15. The molecule has 0 fully saturated rings. The predicted octanol–water partition coefficient (Wildman–Crippen LogP) is 3.00. The topological polar surface area (TPSA) is 52.6 Å². The number of carbonyl (C=O) groups excluding carboxylic acids is 2. The van der Waals surface area contributed by atoms with Gasteiger partial charge < -0.3 is 9.47 Å². The third-order valence-corrected chi connectivity index (χ3v) is 2.78. The number of esters is 1. The Morgan fingerprint density at radius 1 is 1.15 bits per heavy atom. The van der Waals surface area contributed by atoms with Crippen LogP contribution in [0.5, 0.6) is 5.75 Å². The van der Waals surface area contributed by atoms with Crippen molar-refractivity contribution >= 4 is 11.8 Å². The molecule has 4 nitrogen and oxygen atoms in total. The van der Waals surface area contributed by atoms with Crippen LogP contribution in [0.4, 0.5) is 0 Å². The Morgan fingerprint density at radius 3 is 2.35 bits per heavy atom. The van der Waals surface area contributed by atoms with Gasteiger partial charge >= 0.3 is 5.97 Å². The molecule has 0 aliphatic rings. The van der Waals surface area contributed by atoms with Gasteiger partial charge in [-0.1, -0.05) is 18.2 Å². The smallest absolute Gasteiger partial charge is 0.316 e. The Labute approximate surface area is 120 Å². The van der Waals surface area contributed by atoms with E-state index < -0.39 is 11.9 Å². The molecule has 0 amide bonds. The van der Waals surface area contributed by atoms with Crippen molar-refractivity contribution in [2.45, 2.75) is 39.7 Å². The van der Waals surface area contributed by atoms with E-state index in [2.05, 4.69) is 0 Å². The molecule has 0 heterocycles. The number of rotatable bonds is 8. The lowest BCUT2D eigenvalue weighted by atomic mass is 9.99. The number of benzene rings is 1. The molecule has 1 unspecified atom stereocenters. The van der Waals surface area contributed by atoms with Crippen molar-refractivity contribution in [2.75, 3.05) is 6.61 Å². The first-order valence-electron chi connectivity index (χ1n) is 6.89. The van der Waals surface area contributed by atoms with Gasteiger partial charge in [0.05, 0.1) is 12.7 Å². The molecule has 0 radical (unpaired) electrons. The summed E-state index contributed by atoms with van der Waals surface area (Å²) < 4.78 is 10.6. The second-order valence-electron chi connectivity index (χ2n) is 4.95. The third-order valence-electron chi connectivity index (χ3n) is 2.78. The molecule has 0 aromatic heterocycles. The number of para-hydroxylation sites is 1. The van der Waals surface area contributed by atoms with Crippen LogP contribution in [-0.2, 0) is 14.3 Å². The summed E-state index contributed by atoms with van der Waals surface area (Å²) in [7, 11) is 0. The minimum atomic E-state index is -0.684. The maximum atomic E-state index is 11.8. The van der Waals surface area contributed by atoms with Gasteiger partial charge in [0.15, 0.2) is 0 Å². The zero-order chi connectivity index (χ0) is 15.0. The second kappa shape index (κ2) is 8.35. The van der Waals surface area contributed by atoms with E-state index in [-0.39, 0.29) is 11.9 Å². The van der Waals surface area contributed by atoms with Crippen LogP contribution in [0.25, 0.3) is 0 Å². The van der Waals surface area contributed by atoms with Crippen LogP contribution < -0.4 is 4.74 Å². The van der Waals surface area contributed by atoms with Gasteiger partial charge in [-0.3, -0.25) is 9.59 Å². The molecule has 4 heteroatoms. The molecular formula is C16H22O4. The number of hydrogen-bond acceptors (Lipinski definition) is 4. The van der Waals surface area contributed by atoms with Crippen LogP contribution in [0, 0.1) is 5.92 Å². The van der Waals surface area contributed by atoms with Crippen LogP contribution in [-0.4, -0.2) is 24.5 Å². The average molecular weight is 278 g/mol.